The SMILES string of the molecule is CC1CC(OC2(CCNC(C)(C)C)CCC2)CC(C)O1. The van der Waals surface area contributed by atoms with Crippen LogP contribution in [-0.2, 0) is 9.47 Å². The monoisotopic (exact) mass is 283 g/mol. The fraction of sp³-hybridized carbons (Fsp3) is 1.00. The molecule has 20 heavy (non-hydrogen) atoms. The first-order valence-corrected chi connectivity index (χ1v) is 8.36. The molecule has 0 amide bonds. The van der Waals surface area contributed by atoms with E-state index in [1.807, 2.05) is 0 Å². The predicted octanol–water partition coefficient (Wildman–Crippen LogP) is 3.66. The molecule has 0 aromatic rings. The van der Waals surface area contributed by atoms with E-state index in [0.717, 1.165) is 25.8 Å². The molecule has 1 saturated carbocycles. The zero-order valence-corrected chi connectivity index (χ0v) is 14.0. The van der Waals surface area contributed by atoms with Crippen molar-refractivity contribution in [2.45, 2.75) is 103 Å². The van der Waals surface area contributed by atoms with Crippen LogP contribution in [0.15, 0.2) is 0 Å². The van der Waals surface area contributed by atoms with Gasteiger partial charge in [0.1, 0.15) is 0 Å². The Kier molecular flexibility index (Phi) is 5.14. The molecule has 0 aromatic heterocycles. The molecule has 2 atom stereocenters. The van der Waals surface area contributed by atoms with Gasteiger partial charge >= 0.3 is 0 Å². The average molecular weight is 283 g/mol. The van der Waals surface area contributed by atoms with Gasteiger partial charge in [0, 0.05) is 5.54 Å². The molecule has 0 aromatic carbocycles. The molecule has 1 heterocycles. The van der Waals surface area contributed by atoms with Crippen LogP contribution in [0, 0.1) is 0 Å². The molecule has 2 aliphatic rings. The van der Waals surface area contributed by atoms with Crippen LogP contribution >= 0.6 is 0 Å². The molecule has 1 saturated heterocycles. The standard InChI is InChI=1S/C17H33NO2/c1-13-11-15(12-14(2)19-13)20-17(7-6-8-17)9-10-18-16(3,4)5/h13-15,18H,6-12H2,1-5H3. The van der Waals surface area contributed by atoms with Crippen molar-refractivity contribution < 1.29 is 9.47 Å². The Morgan fingerprint density at radius 3 is 2.20 bits per heavy atom. The first-order chi connectivity index (χ1) is 9.28. The average Bonchev–Trinajstić information content (AvgIpc) is 2.22. The van der Waals surface area contributed by atoms with Crippen molar-refractivity contribution in [3.8, 4) is 0 Å². The summed E-state index contributed by atoms with van der Waals surface area (Å²) in [5.41, 5.74) is 0.354. The Hall–Kier alpha value is -0.120. The lowest BCUT2D eigenvalue weighted by Gasteiger charge is -2.46. The second-order valence-electron chi connectivity index (χ2n) is 7.93. The number of ether oxygens (including phenoxy) is 2. The molecule has 1 N–H and O–H groups in total. The maximum atomic E-state index is 6.55. The quantitative estimate of drug-likeness (QED) is 0.835. The number of hydrogen-bond donors (Lipinski definition) is 1. The van der Waals surface area contributed by atoms with E-state index < -0.39 is 0 Å². The van der Waals surface area contributed by atoms with Crippen molar-refractivity contribution in [1.29, 1.82) is 0 Å². The van der Waals surface area contributed by atoms with E-state index in [4.69, 9.17) is 9.47 Å². The molecular weight excluding hydrogens is 250 g/mol. The zero-order valence-electron chi connectivity index (χ0n) is 14.0. The normalized spacial score (nSPS) is 33.8. The van der Waals surface area contributed by atoms with Gasteiger partial charge in [-0.1, -0.05) is 0 Å². The second-order valence-corrected chi connectivity index (χ2v) is 7.93. The van der Waals surface area contributed by atoms with Gasteiger partial charge in [0.05, 0.1) is 23.9 Å². The van der Waals surface area contributed by atoms with E-state index in [0.29, 0.717) is 18.3 Å². The fourth-order valence-electron chi connectivity index (χ4n) is 3.46. The third-order valence-electron chi connectivity index (χ3n) is 4.57. The number of hydrogen-bond acceptors (Lipinski definition) is 3. The maximum absolute atomic E-state index is 6.55. The molecule has 0 radical (unpaired) electrons. The van der Waals surface area contributed by atoms with Crippen molar-refractivity contribution >= 4 is 0 Å². The highest BCUT2D eigenvalue weighted by Crippen LogP contribution is 2.41. The van der Waals surface area contributed by atoms with Crippen LogP contribution < -0.4 is 5.32 Å². The van der Waals surface area contributed by atoms with E-state index in [9.17, 15) is 0 Å². The third kappa shape index (κ3) is 4.71. The van der Waals surface area contributed by atoms with Crippen molar-refractivity contribution in [2.24, 2.45) is 0 Å². The van der Waals surface area contributed by atoms with Crippen molar-refractivity contribution in [3.05, 3.63) is 0 Å². The van der Waals surface area contributed by atoms with Gasteiger partial charge in [-0.3, -0.25) is 0 Å². The Bertz CT molecular complexity index is 297. The van der Waals surface area contributed by atoms with Crippen LogP contribution in [0.25, 0.3) is 0 Å². The molecule has 3 heteroatoms. The lowest BCUT2D eigenvalue weighted by atomic mass is 9.77. The van der Waals surface area contributed by atoms with E-state index >= 15 is 0 Å². The minimum atomic E-state index is 0.152. The van der Waals surface area contributed by atoms with Gasteiger partial charge in [0.15, 0.2) is 0 Å². The third-order valence-corrected chi connectivity index (χ3v) is 4.57. The molecule has 2 rings (SSSR count). The van der Waals surface area contributed by atoms with E-state index in [1.165, 1.54) is 19.3 Å². The zero-order chi connectivity index (χ0) is 14.8. The summed E-state index contributed by atoms with van der Waals surface area (Å²) < 4.78 is 12.4. The van der Waals surface area contributed by atoms with Gasteiger partial charge in [-0.15, -0.1) is 0 Å². The fourth-order valence-corrected chi connectivity index (χ4v) is 3.46. The lowest BCUT2D eigenvalue weighted by Crippen LogP contribution is -2.49. The highest BCUT2D eigenvalue weighted by molar-refractivity contribution is 4.93. The van der Waals surface area contributed by atoms with Gasteiger partial charge in [0.2, 0.25) is 0 Å². The summed E-state index contributed by atoms with van der Waals surface area (Å²) in [7, 11) is 0. The first kappa shape index (κ1) is 16.3. The number of nitrogens with one attached hydrogen (secondary N) is 1. The summed E-state index contributed by atoms with van der Waals surface area (Å²) in [4.78, 5) is 0. The highest BCUT2D eigenvalue weighted by Gasteiger charge is 2.41. The van der Waals surface area contributed by atoms with Crippen LogP contribution in [0.5, 0.6) is 0 Å². The first-order valence-electron chi connectivity index (χ1n) is 8.36. The van der Waals surface area contributed by atoms with Gasteiger partial charge < -0.3 is 14.8 Å². The Morgan fingerprint density at radius 1 is 1.15 bits per heavy atom. The molecule has 2 unspecified atom stereocenters. The summed E-state index contributed by atoms with van der Waals surface area (Å²) in [6.07, 6.45) is 8.12. The highest BCUT2D eigenvalue weighted by atomic mass is 16.5. The van der Waals surface area contributed by atoms with Crippen molar-refractivity contribution in [1.82, 2.24) is 5.32 Å². The van der Waals surface area contributed by atoms with Gasteiger partial charge in [-0.25, -0.2) is 0 Å². The van der Waals surface area contributed by atoms with Crippen LogP contribution in [0.1, 0.15) is 73.1 Å². The molecule has 0 spiro atoms. The summed E-state index contributed by atoms with van der Waals surface area (Å²) in [6.45, 7) is 12.1. The lowest BCUT2D eigenvalue weighted by molar-refractivity contribution is -0.185. The van der Waals surface area contributed by atoms with Gasteiger partial charge in [-0.05, 0) is 79.7 Å². The predicted molar refractivity (Wildman–Crippen MR) is 83.1 cm³/mol. The van der Waals surface area contributed by atoms with Crippen LogP contribution in [-0.4, -0.2) is 36.0 Å². The van der Waals surface area contributed by atoms with Crippen molar-refractivity contribution in [2.75, 3.05) is 6.54 Å². The molecule has 118 valence electrons. The number of rotatable bonds is 5. The van der Waals surface area contributed by atoms with Crippen LogP contribution in [0.4, 0.5) is 0 Å². The Morgan fingerprint density at radius 2 is 1.75 bits per heavy atom. The van der Waals surface area contributed by atoms with E-state index in [-0.39, 0.29) is 11.1 Å². The summed E-state index contributed by atoms with van der Waals surface area (Å²) in [5, 5.41) is 3.60. The molecular formula is C17H33NO2. The summed E-state index contributed by atoms with van der Waals surface area (Å²) in [6, 6.07) is 0. The smallest absolute Gasteiger partial charge is 0.0698 e. The molecule has 2 fully saturated rings. The molecule has 1 aliphatic heterocycles. The van der Waals surface area contributed by atoms with Gasteiger partial charge in [-0.2, -0.15) is 0 Å². The summed E-state index contributed by atoms with van der Waals surface area (Å²) in [5.74, 6) is 0. The minimum absolute atomic E-state index is 0.152. The molecule has 1 aliphatic carbocycles. The largest absolute Gasteiger partial charge is 0.375 e. The molecule has 3 nitrogen and oxygen atoms in total. The minimum Gasteiger partial charge on any atom is -0.375 e. The van der Waals surface area contributed by atoms with E-state index in [2.05, 4.69) is 39.9 Å². The second kappa shape index (κ2) is 6.33. The topological polar surface area (TPSA) is 30.5 Å². The van der Waals surface area contributed by atoms with E-state index in [1.54, 1.807) is 0 Å². The Balaban J connectivity index is 1.81. The van der Waals surface area contributed by atoms with Crippen LogP contribution in [0.3, 0.4) is 0 Å². The Labute approximate surface area is 124 Å². The van der Waals surface area contributed by atoms with Gasteiger partial charge in [0.25, 0.3) is 0 Å². The molecule has 0 bridgehead atoms. The van der Waals surface area contributed by atoms with Crippen LogP contribution in [0.2, 0.25) is 0 Å². The maximum Gasteiger partial charge on any atom is 0.0698 e. The van der Waals surface area contributed by atoms with Crippen molar-refractivity contribution in [3.63, 3.8) is 0 Å². The summed E-state index contributed by atoms with van der Waals surface area (Å²) >= 11 is 0.